The van der Waals surface area contributed by atoms with Crippen molar-refractivity contribution in [2.24, 2.45) is 5.92 Å². The lowest BCUT2D eigenvalue weighted by molar-refractivity contribution is 0.0981. The van der Waals surface area contributed by atoms with Gasteiger partial charge in [0.15, 0.2) is 5.03 Å². The molecule has 0 radical (unpaired) electrons. The van der Waals surface area contributed by atoms with Crippen molar-refractivity contribution >= 4 is 27.6 Å². The maximum Gasteiger partial charge on any atom is 0.281 e. The summed E-state index contributed by atoms with van der Waals surface area (Å²) in [5.74, 6) is -0.380. The van der Waals surface area contributed by atoms with Crippen LogP contribution in [-0.2, 0) is 10.0 Å². The van der Waals surface area contributed by atoms with Gasteiger partial charge in [-0.1, -0.05) is 13.0 Å². The first-order valence-corrected chi connectivity index (χ1v) is 13.4. The lowest BCUT2D eigenvalue weighted by Gasteiger charge is -2.36. The van der Waals surface area contributed by atoms with Crippen molar-refractivity contribution in [2.75, 3.05) is 23.8 Å². The molecule has 1 unspecified atom stereocenters. The van der Waals surface area contributed by atoms with Crippen LogP contribution in [-0.4, -0.2) is 43.0 Å². The number of carbonyl (C=O) groups is 1. The van der Waals surface area contributed by atoms with Gasteiger partial charge in [0.25, 0.3) is 15.9 Å². The summed E-state index contributed by atoms with van der Waals surface area (Å²) in [6, 6.07) is 11.5. The second-order valence-electron chi connectivity index (χ2n) is 9.51. The highest BCUT2D eigenvalue weighted by atomic mass is 32.2. The monoisotopic (exact) mass is 527 g/mol. The van der Waals surface area contributed by atoms with Crippen LogP contribution in [0.4, 0.5) is 16.0 Å². The van der Waals surface area contributed by atoms with Crippen LogP contribution in [0.25, 0.3) is 11.3 Å². The van der Waals surface area contributed by atoms with E-state index in [-0.39, 0.29) is 27.9 Å². The number of hydrogen-bond donors (Lipinski definition) is 2. The first kappa shape index (κ1) is 26.3. The SMILES string of the molecule is CCOc1cc(F)cc(-c2ccc(C(=O)NS(=O)(=O)c3cccc(N)n3)c(N3CCC(C)C3(C)C)n2)c1. The third kappa shape index (κ3) is 5.36. The fourth-order valence-electron chi connectivity index (χ4n) is 4.37. The van der Waals surface area contributed by atoms with Crippen molar-refractivity contribution in [2.45, 2.75) is 44.7 Å². The number of nitrogen functional groups attached to an aromatic ring is 1. The molecule has 0 aliphatic carbocycles. The number of amides is 1. The van der Waals surface area contributed by atoms with Crippen LogP contribution >= 0.6 is 0 Å². The topological polar surface area (TPSA) is 128 Å². The molecule has 3 heterocycles. The Balaban J connectivity index is 1.79. The summed E-state index contributed by atoms with van der Waals surface area (Å²) in [6.07, 6.45) is 0.861. The quantitative estimate of drug-likeness (QED) is 0.472. The molecule has 3 N–H and O–H groups in total. The molecule has 1 saturated heterocycles. The van der Waals surface area contributed by atoms with E-state index in [1.54, 1.807) is 19.1 Å². The molecule has 196 valence electrons. The smallest absolute Gasteiger partial charge is 0.281 e. The number of pyridine rings is 2. The van der Waals surface area contributed by atoms with E-state index in [2.05, 4.69) is 16.6 Å². The Hall–Kier alpha value is -3.73. The molecule has 0 bridgehead atoms. The number of anilines is 2. The lowest BCUT2D eigenvalue weighted by Crippen LogP contribution is -2.43. The predicted molar refractivity (Wildman–Crippen MR) is 139 cm³/mol. The van der Waals surface area contributed by atoms with Gasteiger partial charge in [-0.3, -0.25) is 4.79 Å². The van der Waals surface area contributed by atoms with Crippen LogP contribution in [0.1, 0.15) is 44.5 Å². The van der Waals surface area contributed by atoms with Crippen LogP contribution in [0.15, 0.2) is 53.6 Å². The van der Waals surface area contributed by atoms with Crippen molar-refractivity contribution in [1.82, 2.24) is 14.7 Å². The second kappa shape index (κ2) is 9.97. The van der Waals surface area contributed by atoms with E-state index in [1.807, 2.05) is 18.7 Å². The fourth-order valence-corrected chi connectivity index (χ4v) is 5.31. The van der Waals surface area contributed by atoms with Gasteiger partial charge in [-0.15, -0.1) is 0 Å². The Bertz CT molecular complexity index is 1440. The molecule has 0 saturated carbocycles. The molecule has 9 nitrogen and oxygen atoms in total. The molecule has 4 rings (SSSR count). The Labute approximate surface area is 215 Å². The second-order valence-corrected chi connectivity index (χ2v) is 11.1. The summed E-state index contributed by atoms with van der Waals surface area (Å²) in [5.41, 5.74) is 6.21. The number of aromatic nitrogens is 2. The van der Waals surface area contributed by atoms with Crippen molar-refractivity contribution in [3.63, 3.8) is 0 Å². The molecular formula is C26H30FN5O4S. The van der Waals surface area contributed by atoms with Gasteiger partial charge in [0, 0.05) is 23.7 Å². The van der Waals surface area contributed by atoms with Crippen LogP contribution in [0.5, 0.6) is 5.75 Å². The molecule has 1 atom stereocenters. The normalized spacial score (nSPS) is 17.0. The summed E-state index contributed by atoms with van der Waals surface area (Å²) < 4.78 is 47.6. The van der Waals surface area contributed by atoms with Gasteiger partial charge in [-0.05, 0) is 69.5 Å². The highest BCUT2D eigenvalue weighted by molar-refractivity contribution is 7.90. The van der Waals surface area contributed by atoms with E-state index >= 15 is 0 Å². The Morgan fingerprint density at radius 3 is 2.62 bits per heavy atom. The fraction of sp³-hybridized carbons (Fsp3) is 0.346. The van der Waals surface area contributed by atoms with E-state index in [4.69, 9.17) is 15.5 Å². The maximum absolute atomic E-state index is 14.3. The summed E-state index contributed by atoms with van der Waals surface area (Å²) >= 11 is 0. The lowest BCUT2D eigenvalue weighted by atomic mass is 9.90. The minimum absolute atomic E-state index is 0.0105. The average Bonchev–Trinajstić information content (AvgIpc) is 3.10. The number of sulfonamides is 1. The first-order valence-electron chi connectivity index (χ1n) is 11.9. The van der Waals surface area contributed by atoms with Crippen molar-refractivity contribution in [3.05, 3.63) is 59.9 Å². The standard InChI is InChI=1S/C26H30FN5O4S/c1-5-36-19-14-17(13-18(27)15-19)21-10-9-20(24(29-21)32-12-11-16(2)26(32,3)4)25(33)31-37(34,35)23-8-6-7-22(28)30-23/h6-10,13-16H,5,11-12H2,1-4H3,(H2,28,30)(H,31,33). The Kier molecular flexibility index (Phi) is 7.09. The van der Waals surface area contributed by atoms with Crippen molar-refractivity contribution in [1.29, 1.82) is 0 Å². The number of ether oxygens (including phenoxy) is 1. The van der Waals surface area contributed by atoms with Gasteiger partial charge in [0.05, 0.1) is 17.9 Å². The van der Waals surface area contributed by atoms with E-state index in [9.17, 15) is 17.6 Å². The number of rotatable bonds is 7. The summed E-state index contributed by atoms with van der Waals surface area (Å²) in [6.45, 7) is 8.99. The number of nitrogens with one attached hydrogen (secondary N) is 1. The van der Waals surface area contributed by atoms with Crippen LogP contribution in [0.2, 0.25) is 0 Å². The number of carbonyl (C=O) groups excluding carboxylic acids is 1. The molecule has 1 amide bonds. The van der Waals surface area contributed by atoms with Crippen LogP contribution in [0.3, 0.4) is 0 Å². The molecule has 3 aromatic rings. The number of nitrogens with two attached hydrogens (primary N) is 1. The Morgan fingerprint density at radius 1 is 1.22 bits per heavy atom. The van der Waals surface area contributed by atoms with Gasteiger partial charge in [-0.2, -0.15) is 8.42 Å². The minimum Gasteiger partial charge on any atom is -0.494 e. The van der Waals surface area contributed by atoms with Gasteiger partial charge < -0.3 is 15.4 Å². The molecule has 1 aromatic carbocycles. The van der Waals surface area contributed by atoms with Gasteiger partial charge in [0.1, 0.15) is 23.2 Å². The Morgan fingerprint density at radius 2 is 1.97 bits per heavy atom. The van der Waals surface area contributed by atoms with Crippen molar-refractivity contribution in [3.8, 4) is 17.0 Å². The van der Waals surface area contributed by atoms with E-state index in [1.165, 1.54) is 36.4 Å². The zero-order valence-corrected chi connectivity index (χ0v) is 22.0. The van der Waals surface area contributed by atoms with E-state index < -0.39 is 21.7 Å². The summed E-state index contributed by atoms with van der Waals surface area (Å²) in [7, 11) is -4.29. The molecule has 2 aromatic heterocycles. The number of hydrogen-bond acceptors (Lipinski definition) is 8. The zero-order chi connectivity index (χ0) is 27.0. The molecule has 1 aliphatic heterocycles. The third-order valence-electron chi connectivity index (χ3n) is 6.79. The molecular weight excluding hydrogens is 497 g/mol. The number of nitrogens with zero attached hydrogens (tertiary/aromatic N) is 3. The van der Waals surface area contributed by atoms with Crippen LogP contribution in [0, 0.1) is 11.7 Å². The highest BCUT2D eigenvalue weighted by Gasteiger charge is 2.41. The summed E-state index contributed by atoms with van der Waals surface area (Å²) in [5, 5.41) is -0.370. The van der Waals surface area contributed by atoms with Crippen LogP contribution < -0.4 is 20.1 Å². The molecule has 1 aliphatic rings. The average molecular weight is 528 g/mol. The zero-order valence-electron chi connectivity index (χ0n) is 21.2. The highest BCUT2D eigenvalue weighted by Crippen LogP contribution is 2.39. The molecule has 37 heavy (non-hydrogen) atoms. The minimum atomic E-state index is -4.29. The number of benzene rings is 1. The van der Waals surface area contributed by atoms with Gasteiger partial charge in [-0.25, -0.2) is 19.1 Å². The summed E-state index contributed by atoms with van der Waals surface area (Å²) in [4.78, 5) is 23.9. The molecule has 11 heteroatoms. The predicted octanol–water partition coefficient (Wildman–Crippen LogP) is 4.01. The van der Waals surface area contributed by atoms with E-state index in [0.29, 0.717) is 36.0 Å². The van der Waals surface area contributed by atoms with Gasteiger partial charge >= 0.3 is 0 Å². The largest absolute Gasteiger partial charge is 0.494 e. The van der Waals surface area contributed by atoms with Crippen molar-refractivity contribution < 1.29 is 22.3 Å². The first-order chi connectivity index (χ1) is 17.4. The third-order valence-corrected chi connectivity index (χ3v) is 8.02. The van der Waals surface area contributed by atoms with E-state index in [0.717, 1.165) is 6.42 Å². The number of halogens is 1. The van der Waals surface area contributed by atoms with Gasteiger partial charge in [0.2, 0.25) is 0 Å². The molecule has 0 spiro atoms. The molecule has 1 fully saturated rings. The maximum atomic E-state index is 14.3.